The third-order valence-electron chi connectivity index (χ3n) is 3.53. The van der Waals surface area contributed by atoms with E-state index in [-0.39, 0.29) is 11.5 Å². The monoisotopic (exact) mass is 294 g/mol. The van der Waals surface area contributed by atoms with Crippen molar-refractivity contribution in [3.63, 3.8) is 0 Å². The molecular formula is C17H30N2O2. The number of nitrogens with one attached hydrogen (secondary N) is 1. The smallest absolute Gasteiger partial charge is 0.123 e. The summed E-state index contributed by atoms with van der Waals surface area (Å²) in [6.07, 6.45) is 0. The highest BCUT2D eigenvalue weighted by molar-refractivity contribution is 5.42. The average molecular weight is 294 g/mol. The van der Waals surface area contributed by atoms with Gasteiger partial charge in [-0.15, -0.1) is 0 Å². The second kappa shape index (κ2) is 7.66. The molecule has 0 amide bonds. The topological polar surface area (TPSA) is 33.7 Å². The largest absolute Gasteiger partial charge is 0.497 e. The Morgan fingerprint density at radius 1 is 1.19 bits per heavy atom. The molecule has 0 saturated heterocycles. The lowest BCUT2D eigenvalue weighted by Crippen LogP contribution is -2.38. The molecule has 1 unspecified atom stereocenters. The first kappa shape index (κ1) is 17.8. The van der Waals surface area contributed by atoms with Crippen LogP contribution in [-0.4, -0.2) is 46.3 Å². The van der Waals surface area contributed by atoms with Gasteiger partial charge in [0.1, 0.15) is 11.5 Å². The summed E-state index contributed by atoms with van der Waals surface area (Å²) < 4.78 is 10.8. The Labute approximate surface area is 129 Å². The Bertz CT molecular complexity index is 444. The zero-order chi connectivity index (χ0) is 16.0. The van der Waals surface area contributed by atoms with Crippen molar-refractivity contribution >= 4 is 0 Å². The maximum absolute atomic E-state index is 5.46. The lowest BCUT2D eigenvalue weighted by Gasteiger charge is -2.30. The number of hydrogen-bond donors (Lipinski definition) is 1. The molecule has 0 aliphatic heterocycles. The van der Waals surface area contributed by atoms with Crippen LogP contribution in [0.1, 0.15) is 32.4 Å². The first-order valence-electron chi connectivity index (χ1n) is 7.39. The summed E-state index contributed by atoms with van der Waals surface area (Å²) in [6.45, 7) is 8.68. The molecule has 120 valence electrons. The summed E-state index contributed by atoms with van der Waals surface area (Å²) in [5.41, 5.74) is 1.33. The van der Waals surface area contributed by atoms with Crippen LogP contribution < -0.4 is 14.8 Å². The van der Waals surface area contributed by atoms with Crippen molar-refractivity contribution in [2.24, 2.45) is 5.41 Å². The van der Waals surface area contributed by atoms with Crippen LogP contribution in [0.25, 0.3) is 0 Å². The van der Waals surface area contributed by atoms with Gasteiger partial charge in [-0.25, -0.2) is 0 Å². The zero-order valence-electron chi connectivity index (χ0n) is 14.5. The van der Waals surface area contributed by atoms with Gasteiger partial charge in [0.15, 0.2) is 0 Å². The van der Waals surface area contributed by atoms with Crippen LogP contribution in [0.15, 0.2) is 18.2 Å². The van der Waals surface area contributed by atoms with Gasteiger partial charge in [-0.05, 0) is 44.6 Å². The van der Waals surface area contributed by atoms with E-state index >= 15 is 0 Å². The SMILES string of the molecule is COc1ccc(OC)c(C(C)NCC(C)(C)CN(C)C)c1. The molecule has 0 heterocycles. The van der Waals surface area contributed by atoms with Gasteiger partial charge in [-0.2, -0.15) is 0 Å². The maximum Gasteiger partial charge on any atom is 0.123 e. The van der Waals surface area contributed by atoms with Gasteiger partial charge in [-0.1, -0.05) is 13.8 Å². The van der Waals surface area contributed by atoms with Crippen LogP contribution in [0.4, 0.5) is 0 Å². The molecule has 0 spiro atoms. The minimum absolute atomic E-state index is 0.205. The highest BCUT2D eigenvalue weighted by Gasteiger charge is 2.21. The minimum Gasteiger partial charge on any atom is -0.497 e. The number of hydrogen-bond acceptors (Lipinski definition) is 4. The summed E-state index contributed by atoms with van der Waals surface area (Å²) in [6, 6.07) is 6.12. The van der Waals surface area contributed by atoms with Crippen molar-refractivity contribution < 1.29 is 9.47 Å². The molecule has 0 aromatic heterocycles. The second-order valence-electron chi connectivity index (χ2n) is 6.61. The molecule has 1 N–H and O–H groups in total. The fourth-order valence-electron chi connectivity index (χ4n) is 2.63. The predicted octanol–water partition coefficient (Wildman–Crippen LogP) is 2.94. The standard InChI is InChI=1S/C17H30N2O2/c1-13(18-11-17(2,3)12-19(4)5)15-10-14(20-6)8-9-16(15)21-7/h8-10,13,18H,11-12H2,1-7H3. The van der Waals surface area contributed by atoms with E-state index in [2.05, 4.69) is 45.1 Å². The quantitative estimate of drug-likeness (QED) is 0.799. The van der Waals surface area contributed by atoms with Crippen LogP contribution in [0.2, 0.25) is 0 Å². The molecule has 0 aliphatic carbocycles. The van der Waals surface area contributed by atoms with Crippen molar-refractivity contribution in [3.8, 4) is 11.5 Å². The highest BCUT2D eigenvalue weighted by Crippen LogP contribution is 2.29. The number of rotatable bonds is 8. The molecule has 1 atom stereocenters. The Morgan fingerprint density at radius 3 is 2.38 bits per heavy atom. The van der Waals surface area contributed by atoms with Gasteiger partial charge < -0.3 is 19.7 Å². The number of benzene rings is 1. The maximum atomic E-state index is 5.46. The number of nitrogens with zero attached hydrogens (tertiary/aromatic N) is 1. The van der Waals surface area contributed by atoms with Crippen LogP contribution in [0, 0.1) is 5.41 Å². The fourth-order valence-corrected chi connectivity index (χ4v) is 2.63. The first-order chi connectivity index (χ1) is 9.79. The van der Waals surface area contributed by atoms with Crippen LogP contribution in [0.5, 0.6) is 11.5 Å². The molecular weight excluding hydrogens is 264 g/mol. The van der Waals surface area contributed by atoms with Gasteiger partial charge in [-0.3, -0.25) is 0 Å². The zero-order valence-corrected chi connectivity index (χ0v) is 14.5. The van der Waals surface area contributed by atoms with Gasteiger partial charge >= 0.3 is 0 Å². The Kier molecular flexibility index (Phi) is 6.49. The lowest BCUT2D eigenvalue weighted by atomic mass is 9.92. The van der Waals surface area contributed by atoms with Crippen molar-refractivity contribution in [3.05, 3.63) is 23.8 Å². The van der Waals surface area contributed by atoms with E-state index in [1.165, 1.54) is 0 Å². The molecule has 0 bridgehead atoms. The molecule has 4 heteroatoms. The molecule has 0 fully saturated rings. The number of methoxy groups -OCH3 is 2. The molecule has 0 radical (unpaired) electrons. The molecule has 1 aromatic carbocycles. The summed E-state index contributed by atoms with van der Waals surface area (Å²) in [4.78, 5) is 2.22. The van der Waals surface area contributed by atoms with E-state index in [0.717, 1.165) is 30.2 Å². The van der Waals surface area contributed by atoms with Gasteiger partial charge in [0.25, 0.3) is 0 Å². The van der Waals surface area contributed by atoms with Gasteiger partial charge in [0.05, 0.1) is 14.2 Å². The average Bonchev–Trinajstić information content (AvgIpc) is 2.42. The summed E-state index contributed by atoms with van der Waals surface area (Å²) in [5.74, 6) is 1.74. The van der Waals surface area contributed by atoms with Crippen molar-refractivity contribution in [1.82, 2.24) is 10.2 Å². The predicted molar refractivity (Wildman–Crippen MR) is 88.3 cm³/mol. The molecule has 1 rings (SSSR count). The Balaban J connectivity index is 2.77. The van der Waals surface area contributed by atoms with Gasteiger partial charge in [0.2, 0.25) is 0 Å². The van der Waals surface area contributed by atoms with Crippen molar-refractivity contribution in [2.45, 2.75) is 26.8 Å². The Hall–Kier alpha value is -1.26. The minimum atomic E-state index is 0.205. The summed E-state index contributed by atoms with van der Waals surface area (Å²) in [7, 11) is 7.60. The third-order valence-corrected chi connectivity index (χ3v) is 3.53. The van der Waals surface area contributed by atoms with Crippen LogP contribution >= 0.6 is 0 Å². The van der Waals surface area contributed by atoms with E-state index in [0.29, 0.717) is 0 Å². The van der Waals surface area contributed by atoms with Gasteiger partial charge in [0, 0.05) is 24.7 Å². The highest BCUT2D eigenvalue weighted by atomic mass is 16.5. The normalized spacial score (nSPS) is 13.3. The molecule has 0 saturated carbocycles. The third kappa shape index (κ3) is 5.56. The molecule has 0 aliphatic rings. The van der Waals surface area contributed by atoms with E-state index in [4.69, 9.17) is 9.47 Å². The van der Waals surface area contributed by atoms with Crippen LogP contribution in [0.3, 0.4) is 0 Å². The summed E-state index contributed by atoms with van der Waals surface area (Å²) >= 11 is 0. The summed E-state index contributed by atoms with van der Waals surface area (Å²) in [5, 5.41) is 3.61. The van der Waals surface area contributed by atoms with Crippen molar-refractivity contribution in [1.29, 1.82) is 0 Å². The molecule has 21 heavy (non-hydrogen) atoms. The lowest BCUT2D eigenvalue weighted by molar-refractivity contribution is 0.226. The Morgan fingerprint density at radius 2 is 1.86 bits per heavy atom. The molecule has 4 nitrogen and oxygen atoms in total. The van der Waals surface area contributed by atoms with Crippen molar-refractivity contribution in [2.75, 3.05) is 41.4 Å². The second-order valence-corrected chi connectivity index (χ2v) is 6.61. The fraction of sp³-hybridized carbons (Fsp3) is 0.647. The van der Waals surface area contributed by atoms with E-state index in [1.54, 1.807) is 14.2 Å². The van der Waals surface area contributed by atoms with E-state index < -0.39 is 0 Å². The molecule has 1 aromatic rings. The van der Waals surface area contributed by atoms with E-state index in [9.17, 15) is 0 Å². The van der Waals surface area contributed by atoms with E-state index in [1.807, 2.05) is 18.2 Å². The first-order valence-corrected chi connectivity index (χ1v) is 7.39. The van der Waals surface area contributed by atoms with Crippen LogP contribution in [-0.2, 0) is 0 Å². The number of ether oxygens (including phenoxy) is 2.